The van der Waals surface area contributed by atoms with Gasteiger partial charge in [-0.3, -0.25) is 4.90 Å². The van der Waals surface area contributed by atoms with Gasteiger partial charge in [0, 0.05) is 20.8 Å². The Morgan fingerprint density at radius 3 is 1.86 bits per heavy atom. The number of likely N-dealkylation sites (N-methyl/N-ethyl adjacent to an activating group) is 1. The first kappa shape index (κ1) is 13.8. The molecule has 0 aliphatic rings. The average Bonchev–Trinajstić information content (AvgIpc) is 2.21. The Hall–Kier alpha value is -0.160. The molecule has 0 spiro atoms. The lowest BCUT2D eigenvalue weighted by molar-refractivity contribution is -0.180. The van der Waals surface area contributed by atoms with Crippen molar-refractivity contribution in [3.8, 4) is 0 Å². The van der Waals surface area contributed by atoms with E-state index in [1.54, 1.807) is 14.2 Å². The Morgan fingerprint density at radius 1 is 1.21 bits per heavy atom. The highest BCUT2D eigenvalue weighted by molar-refractivity contribution is 4.90. The van der Waals surface area contributed by atoms with E-state index in [4.69, 9.17) is 15.2 Å². The van der Waals surface area contributed by atoms with Gasteiger partial charge in [0.1, 0.15) is 0 Å². The van der Waals surface area contributed by atoms with Crippen LogP contribution >= 0.6 is 0 Å². The van der Waals surface area contributed by atoms with Gasteiger partial charge in [-0.25, -0.2) is 0 Å². The molecule has 0 aromatic heterocycles. The van der Waals surface area contributed by atoms with Crippen LogP contribution in [0.4, 0.5) is 0 Å². The van der Waals surface area contributed by atoms with Crippen LogP contribution in [0.1, 0.15) is 20.8 Å². The van der Waals surface area contributed by atoms with E-state index in [0.29, 0.717) is 6.54 Å². The van der Waals surface area contributed by atoms with Crippen molar-refractivity contribution in [3.63, 3.8) is 0 Å². The van der Waals surface area contributed by atoms with Crippen LogP contribution in [0.2, 0.25) is 0 Å². The molecule has 0 aromatic carbocycles. The minimum absolute atomic E-state index is 0.257. The first-order valence-corrected chi connectivity index (χ1v) is 5.11. The van der Waals surface area contributed by atoms with Crippen molar-refractivity contribution in [1.29, 1.82) is 0 Å². The van der Waals surface area contributed by atoms with E-state index in [1.807, 2.05) is 0 Å². The van der Waals surface area contributed by atoms with Crippen LogP contribution < -0.4 is 5.73 Å². The number of nitrogens with two attached hydrogens (primary N) is 1. The van der Waals surface area contributed by atoms with Crippen molar-refractivity contribution >= 4 is 0 Å². The second-order valence-electron chi connectivity index (χ2n) is 3.54. The van der Waals surface area contributed by atoms with E-state index in [9.17, 15) is 0 Å². The summed E-state index contributed by atoms with van der Waals surface area (Å²) in [6, 6.07) is 0. The number of ether oxygens (including phenoxy) is 2. The maximum absolute atomic E-state index is 5.81. The lowest BCUT2D eigenvalue weighted by atomic mass is 9.99. The van der Waals surface area contributed by atoms with Crippen molar-refractivity contribution in [1.82, 2.24) is 4.90 Å². The maximum atomic E-state index is 5.81. The molecule has 0 saturated heterocycles. The van der Waals surface area contributed by atoms with Crippen LogP contribution in [0.15, 0.2) is 0 Å². The predicted octanol–water partition coefficient (Wildman–Crippen LogP) is 0.665. The molecular weight excluding hydrogens is 180 g/mol. The smallest absolute Gasteiger partial charge is 0.176 e. The number of rotatable bonds is 7. The Labute approximate surface area is 87.4 Å². The molecular formula is C10H24N2O2. The number of hydrogen-bond acceptors (Lipinski definition) is 4. The van der Waals surface area contributed by atoms with Crippen molar-refractivity contribution in [2.75, 3.05) is 33.9 Å². The summed E-state index contributed by atoms with van der Waals surface area (Å²) in [6.45, 7) is 8.68. The zero-order chi connectivity index (χ0) is 11.2. The highest BCUT2D eigenvalue weighted by Gasteiger charge is 2.37. The van der Waals surface area contributed by atoms with Crippen LogP contribution in [-0.2, 0) is 9.47 Å². The van der Waals surface area contributed by atoms with Gasteiger partial charge in [0.25, 0.3) is 0 Å². The van der Waals surface area contributed by atoms with E-state index in [1.165, 1.54) is 0 Å². The molecule has 0 aromatic rings. The fraction of sp³-hybridized carbons (Fsp3) is 1.00. The highest BCUT2D eigenvalue weighted by atomic mass is 16.7. The van der Waals surface area contributed by atoms with E-state index in [0.717, 1.165) is 13.1 Å². The molecule has 4 nitrogen and oxygen atoms in total. The lowest BCUT2D eigenvalue weighted by Gasteiger charge is -2.43. The highest BCUT2D eigenvalue weighted by Crippen LogP contribution is 2.20. The lowest BCUT2D eigenvalue weighted by Crippen LogP contribution is -2.60. The van der Waals surface area contributed by atoms with Gasteiger partial charge in [0.05, 0.1) is 5.54 Å². The molecule has 4 heteroatoms. The molecule has 0 heterocycles. The summed E-state index contributed by atoms with van der Waals surface area (Å²) < 4.78 is 10.6. The standard InChI is InChI=1S/C10H24N2O2/c1-6-12(7-2)10(3,8-11)9(13-4)14-5/h9H,6-8,11H2,1-5H3. The molecule has 1 unspecified atom stereocenters. The molecule has 0 radical (unpaired) electrons. The third-order valence-electron chi connectivity index (χ3n) is 2.84. The Morgan fingerprint density at radius 2 is 1.64 bits per heavy atom. The molecule has 2 N–H and O–H groups in total. The van der Waals surface area contributed by atoms with Gasteiger partial charge < -0.3 is 15.2 Å². The van der Waals surface area contributed by atoms with Crippen molar-refractivity contribution < 1.29 is 9.47 Å². The molecule has 0 rings (SSSR count). The SMILES string of the molecule is CCN(CC)C(C)(CN)C(OC)OC. The minimum atomic E-state index is -0.285. The molecule has 0 saturated carbocycles. The fourth-order valence-corrected chi connectivity index (χ4v) is 1.92. The first-order valence-electron chi connectivity index (χ1n) is 5.11. The van der Waals surface area contributed by atoms with E-state index in [-0.39, 0.29) is 11.8 Å². The summed E-state index contributed by atoms with van der Waals surface area (Å²) in [6.07, 6.45) is -0.285. The third kappa shape index (κ3) is 2.67. The van der Waals surface area contributed by atoms with Crippen LogP contribution in [0, 0.1) is 0 Å². The predicted molar refractivity (Wildman–Crippen MR) is 58.2 cm³/mol. The molecule has 1 atom stereocenters. The normalized spacial score (nSPS) is 16.3. The summed E-state index contributed by atoms with van der Waals surface area (Å²) >= 11 is 0. The van der Waals surface area contributed by atoms with E-state index < -0.39 is 0 Å². The summed E-state index contributed by atoms with van der Waals surface area (Å²) in [4.78, 5) is 2.25. The molecule has 0 amide bonds. The number of methoxy groups -OCH3 is 2. The molecule has 86 valence electrons. The molecule has 0 fully saturated rings. The summed E-state index contributed by atoms with van der Waals surface area (Å²) in [5, 5.41) is 0. The monoisotopic (exact) mass is 204 g/mol. The number of hydrogen-bond donors (Lipinski definition) is 1. The van der Waals surface area contributed by atoms with Gasteiger partial charge in [-0.15, -0.1) is 0 Å². The summed E-state index contributed by atoms with van der Waals surface area (Å²) in [7, 11) is 3.29. The maximum Gasteiger partial charge on any atom is 0.176 e. The second-order valence-corrected chi connectivity index (χ2v) is 3.54. The van der Waals surface area contributed by atoms with Crippen molar-refractivity contribution in [3.05, 3.63) is 0 Å². The van der Waals surface area contributed by atoms with Crippen LogP contribution in [0.5, 0.6) is 0 Å². The van der Waals surface area contributed by atoms with Gasteiger partial charge in [-0.05, 0) is 20.0 Å². The minimum Gasteiger partial charge on any atom is -0.354 e. The zero-order valence-electron chi connectivity index (χ0n) is 10.0. The van der Waals surface area contributed by atoms with Crippen molar-refractivity contribution in [2.24, 2.45) is 5.73 Å². The van der Waals surface area contributed by atoms with Gasteiger partial charge >= 0.3 is 0 Å². The van der Waals surface area contributed by atoms with Gasteiger partial charge in [0.2, 0.25) is 0 Å². The average molecular weight is 204 g/mol. The quantitative estimate of drug-likeness (QED) is 0.619. The van der Waals surface area contributed by atoms with Gasteiger partial charge in [-0.1, -0.05) is 13.8 Å². The Bertz CT molecular complexity index is 133. The first-order chi connectivity index (χ1) is 6.60. The Kier molecular flexibility index (Phi) is 6.27. The molecule has 0 aliphatic carbocycles. The topological polar surface area (TPSA) is 47.7 Å². The molecule has 0 bridgehead atoms. The third-order valence-corrected chi connectivity index (χ3v) is 2.84. The van der Waals surface area contributed by atoms with Gasteiger partial charge in [-0.2, -0.15) is 0 Å². The van der Waals surface area contributed by atoms with Crippen LogP contribution in [-0.4, -0.2) is 50.6 Å². The summed E-state index contributed by atoms with van der Waals surface area (Å²) in [5.41, 5.74) is 5.55. The zero-order valence-corrected chi connectivity index (χ0v) is 10.0. The van der Waals surface area contributed by atoms with E-state index >= 15 is 0 Å². The molecule has 14 heavy (non-hydrogen) atoms. The second kappa shape index (κ2) is 6.35. The van der Waals surface area contributed by atoms with Gasteiger partial charge in [0.15, 0.2) is 6.29 Å². The summed E-state index contributed by atoms with van der Waals surface area (Å²) in [5.74, 6) is 0. The fourth-order valence-electron chi connectivity index (χ4n) is 1.92. The van der Waals surface area contributed by atoms with E-state index in [2.05, 4.69) is 25.7 Å². The largest absolute Gasteiger partial charge is 0.354 e. The Balaban J connectivity index is 4.72. The number of nitrogens with zero attached hydrogens (tertiary/aromatic N) is 1. The van der Waals surface area contributed by atoms with Crippen LogP contribution in [0.3, 0.4) is 0 Å². The molecule has 0 aliphatic heterocycles. The van der Waals surface area contributed by atoms with Crippen molar-refractivity contribution in [2.45, 2.75) is 32.6 Å². The van der Waals surface area contributed by atoms with Crippen LogP contribution in [0.25, 0.3) is 0 Å².